The first-order chi connectivity index (χ1) is 14.7. The molecule has 30 heavy (non-hydrogen) atoms. The number of alkyl halides is 1. The van der Waals surface area contributed by atoms with E-state index in [1.54, 1.807) is 30.3 Å². The Morgan fingerprint density at radius 1 is 1.23 bits per heavy atom. The van der Waals surface area contributed by atoms with E-state index in [9.17, 15) is 0 Å². The maximum Gasteiger partial charge on any atom is 0.178 e. The second kappa shape index (κ2) is 9.64. The Morgan fingerprint density at radius 3 is 2.90 bits per heavy atom. The molecule has 1 unspecified atom stereocenters. The van der Waals surface area contributed by atoms with E-state index in [1.165, 1.54) is 12.4 Å². The first-order valence-electron chi connectivity index (χ1n) is 9.59. The Hall–Kier alpha value is -2.35. The van der Waals surface area contributed by atoms with Gasteiger partial charge in [0.15, 0.2) is 5.82 Å². The van der Waals surface area contributed by atoms with Gasteiger partial charge >= 0.3 is 0 Å². The van der Waals surface area contributed by atoms with E-state index in [2.05, 4.69) is 9.97 Å². The zero-order valence-corrected chi connectivity index (χ0v) is 17.6. The molecule has 1 fully saturated rings. The zero-order valence-electron chi connectivity index (χ0n) is 16.1. The number of aromatic nitrogens is 2. The molecule has 158 valence electrons. The predicted octanol–water partition coefficient (Wildman–Crippen LogP) is 5.48. The smallest absolute Gasteiger partial charge is 0.178 e. The van der Waals surface area contributed by atoms with Crippen molar-refractivity contribution in [3.8, 4) is 11.5 Å². The van der Waals surface area contributed by atoms with E-state index >= 15 is 4.48 Å². The lowest BCUT2D eigenvalue weighted by Crippen LogP contribution is -2.17. The van der Waals surface area contributed by atoms with Crippen LogP contribution < -0.4 is 14.6 Å². The van der Waals surface area contributed by atoms with E-state index in [-0.39, 0.29) is 17.6 Å². The van der Waals surface area contributed by atoms with Crippen LogP contribution in [0.4, 0.5) is 16.0 Å². The Kier molecular flexibility index (Phi) is 6.72. The third-order valence-corrected chi connectivity index (χ3v) is 5.11. The monoisotopic (exact) mass is 451 g/mol. The van der Waals surface area contributed by atoms with Gasteiger partial charge in [0.05, 0.1) is 36.4 Å². The number of halogens is 3. The molecule has 1 aromatic heterocycles. The van der Waals surface area contributed by atoms with Crippen molar-refractivity contribution >= 4 is 45.6 Å². The van der Waals surface area contributed by atoms with Gasteiger partial charge in [-0.1, -0.05) is 22.1 Å². The summed E-state index contributed by atoms with van der Waals surface area (Å²) in [7, 11) is 0. The van der Waals surface area contributed by atoms with E-state index < -0.39 is 0 Å². The Bertz CT molecular complexity index is 1020. The predicted molar refractivity (Wildman–Crippen MR) is 115 cm³/mol. The Morgan fingerprint density at radius 2 is 2.13 bits per heavy atom. The largest absolute Gasteiger partial charge is 0.493 e. The second-order valence-corrected chi connectivity index (χ2v) is 7.58. The van der Waals surface area contributed by atoms with Gasteiger partial charge in [0.1, 0.15) is 23.9 Å². The van der Waals surface area contributed by atoms with Gasteiger partial charge < -0.3 is 14.2 Å². The minimum Gasteiger partial charge on any atom is -0.493 e. The van der Waals surface area contributed by atoms with Crippen LogP contribution in [0.25, 0.3) is 10.9 Å². The average molecular weight is 452 g/mol. The lowest BCUT2D eigenvalue weighted by Gasteiger charge is -2.19. The molecule has 1 aliphatic rings. The molecule has 9 heteroatoms. The van der Waals surface area contributed by atoms with Crippen LogP contribution in [0.15, 0.2) is 42.7 Å². The highest BCUT2D eigenvalue weighted by molar-refractivity contribution is 6.30. The molecule has 1 aliphatic heterocycles. The number of hydrogen-bond donors (Lipinski definition) is 0. The molecule has 0 saturated carbocycles. The quantitative estimate of drug-likeness (QED) is 0.256. The average Bonchev–Trinajstić information content (AvgIpc) is 3.26. The van der Waals surface area contributed by atoms with Gasteiger partial charge in [-0.2, -0.15) is 5.12 Å². The van der Waals surface area contributed by atoms with Gasteiger partial charge in [-0.25, -0.2) is 9.97 Å². The molecule has 2 heterocycles. The molecule has 1 atom stereocenters. The molecular weight excluding hydrogens is 432 g/mol. The van der Waals surface area contributed by atoms with Crippen LogP contribution in [0.3, 0.4) is 0 Å². The van der Waals surface area contributed by atoms with Crippen LogP contribution in [0.5, 0.6) is 11.5 Å². The molecule has 0 N–H and O–H groups in total. The molecule has 0 amide bonds. The molecule has 0 radical (unpaired) electrons. The summed E-state index contributed by atoms with van der Waals surface area (Å²) >= 11 is 11.8. The van der Waals surface area contributed by atoms with Crippen molar-refractivity contribution in [1.29, 1.82) is 0 Å². The summed E-state index contributed by atoms with van der Waals surface area (Å²) in [6, 6.07) is 9.94. The van der Waals surface area contributed by atoms with Crippen LogP contribution in [0.2, 0.25) is 5.02 Å². The first kappa shape index (κ1) is 20.9. The fraction of sp³-hybridized carbons (Fsp3) is 0.333. The molecule has 6 nitrogen and oxygen atoms in total. The number of benzene rings is 2. The maximum atomic E-state index is 15.4. The number of fused-ring (bicyclic) bond motifs is 1. The van der Waals surface area contributed by atoms with E-state index in [0.717, 1.165) is 6.42 Å². The van der Waals surface area contributed by atoms with Gasteiger partial charge in [0.25, 0.3) is 0 Å². The van der Waals surface area contributed by atoms with E-state index in [0.29, 0.717) is 64.7 Å². The molecule has 3 aromatic rings. The zero-order chi connectivity index (χ0) is 20.9. The second-order valence-electron chi connectivity index (χ2n) is 6.77. The summed E-state index contributed by atoms with van der Waals surface area (Å²) in [6.07, 6.45) is 2.61. The summed E-state index contributed by atoms with van der Waals surface area (Å²) in [5.41, 5.74) is 0.752. The highest BCUT2D eigenvalue weighted by atomic mass is 35.5. The molecule has 0 spiro atoms. The van der Waals surface area contributed by atoms with E-state index in [1.807, 2.05) is 0 Å². The van der Waals surface area contributed by atoms with Crippen molar-refractivity contribution in [2.24, 2.45) is 0 Å². The molecule has 0 aliphatic carbocycles. The summed E-state index contributed by atoms with van der Waals surface area (Å²) in [5.74, 6) is 1.56. The van der Waals surface area contributed by atoms with Crippen molar-refractivity contribution in [1.82, 2.24) is 9.97 Å². The Labute approximate surface area is 183 Å². The van der Waals surface area contributed by atoms with Crippen molar-refractivity contribution in [3.05, 3.63) is 47.7 Å². The number of hydrogen-bond acceptors (Lipinski definition) is 6. The third kappa shape index (κ3) is 4.69. The van der Waals surface area contributed by atoms with Crippen molar-refractivity contribution in [2.45, 2.75) is 18.9 Å². The van der Waals surface area contributed by atoms with Gasteiger partial charge in [0, 0.05) is 29.5 Å². The maximum absolute atomic E-state index is 15.4. The lowest BCUT2D eigenvalue weighted by molar-refractivity contribution is 0.142. The lowest BCUT2D eigenvalue weighted by atomic mass is 10.2. The summed E-state index contributed by atoms with van der Waals surface area (Å²) in [4.78, 5) is 8.49. The van der Waals surface area contributed by atoms with Crippen LogP contribution in [0, 0.1) is 0 Å². The number of nitrogens with zero attached hydrogens (tertiary/aromatic N) is 3. The number of ether oxygens (including phenoxy) is 3. The van der Waals surface area contributed by atoms with Gasteiger partial charge in [0.2, 0.25) is 0 Å². The van der Waals surface area contributed by atoms with Crippen LogP contribution in [-0.4, -0.2) is 41.8 Å². The molecular formula is C21H20Cl2FN3O3. The first-order valence-corrected chi connectivity index (χ1v) is 10.5. The van der Waals surface area contributed by atoms with Gasteiger partial charge in [-0.05, 0) is 24.6 Å². The number of anilines is 2. The molecule has 4 rings (SSSR count). The minimum absolute atomic E-state index is 0.0588. The molecule has 0 bridgehead atoms. The standard InChI is InChI=1S/C21H20Cl2FN3O3/c22-6-2-7-29-17-10-18-20(19(11-17)30-16-5-8-28-12-16)21(26-13-25-18)27(24)15-4-1-3-14(23)9-15/h1,3-4,9-11,13,16H,2,5-8,12H2. The fourth-order valence-electron chi connectivity index (χ4n) is 3.19. The highest BCUT2D eigenvalue weighted by Gasteiger charge is 2.23. The van der Waals surface area contributed by atoms with Gasteiger partial charge in [-0.3, -0.25) is 0 Å². The third-order valence-electron chi connectivity index (χ3n) is 4.60. The van der Waals surface area contributed by atoms with Crippen molar-refractivity contribution in [2.75, 3.05) is 30.8 Å². The van der Waals surface area contributed by atoms with Crippen LogP contribution in [-0.2, 0) is 4.74 Å². The Balaban J connectivity index is 1.78. The molecule has 1 saturated heterocycles. The molecule has 2 aromatic carbocycles. The highest BCUT2D eigenvalue weighted by Crippen LogP contribution is 2.39. The van der Waals surface area contributed by atoms with Crippen LogP contribution in [0.1, 0.15) is 12.8 Å². The normalized spacial score (nSPS) is 16.0. The topological polar surface area (TPSA) is 56.7 Å². The van der Waals surface area contributed by atoms with E-state index in [4.69, 9.17) is 37.4 Å². The number of rotatable bonds is 8. The SMILES string of the molecule is FN(c1cccc(Cl)c1)c1ncnc2cc(OCCCCl)cc(OC3CCOC3)c12. The van der Waals surface area contributed by atoms with Crippen molar-refractivity contribution < 1.29 is 18.7 Å². The minimum atomic E-state index is -0.140. The summed E-state index contributed by atoms with van der Waals surface area (Å²) < 4.78 is 32.7. The van der Waals surface area contributed by atoms with Crippen LogP contribution >= 0.6 is 23.2 Å². The van der Waals surface area contributed by atoms with Crippen molar-refractivity contribution in [3.63, 3.8) is 0 Å². The summed E-state index contributed by atoms with van der Waals surface area (Å²) in [6.45, 7) is 1.54. The fourth-order valence-corrected chi connectivity index (χ4v) is 3.48. The summed E-state index contributed by atoms with van der Waals surface area (Å²) in [5, 5.41) is 1.33. The van der Waals surface area contributed by atoms with Gasteiger partial charge in [-0.15, -0.1) is 11.6 Å².